The Bertz CT molecular complexity index is 1510. The van der Waals surface area contributed by atoms with E-state index in [2.05, 4.69) is 17.2 Å². The first kappa shape index (κ1) is 28.0. The number of amides is 3. The minimum absolute atomic E-state index is 0.0119. The quantitative estimate of drug-likeness (QED) is 0.130. The summed E-state index contributed by atoms with van der Waals surface area (Å²) in [7, 11) is 0. The molecule has 0 bridgehead atoms. The Labute approximate surface area is 241 Å². The number of thiophene rings is 1. The summed E-state index contributed by atoms with van der Waals surface area (Å²) >= 11 is 1.39. The Morgan fingerprint density at radius 2 is 1.71 bits per heavy atom. The Balaban J connectivity index is 1.32. The highest BCUT2D eigenvalue weighted by Crippen LogP contribution is 2.31. The number of anilines is 1. The van der Waals surface area contributed by atoms with Gasteiger partial charge in [-0.05, 0) is 47.2 Å². The lowest BCUT2D eigenvalue weighted by atomic mass is 9.96. The number of ether oxygens (including phenoxy) is 2. The molecule has 10 heteroatoms. The maximum Gasteiger partial charge on any atom is 0.508 e. The van der Waals surface area contributed by atoms with Gasteiger partial charge in [-0.3, -0.25) is 24.3 Å². The summed E-state index contributed by atoms with van der Waals surface area (Å²) in [6, 6.07) is 17.3. The predicted octanol–water partition coefficient (Wildman–Crippen LogP) is 6.16. The first-order chi connectivity index (χ1) is 19.9. The van der Waals surface area contributed by atoms with E-state index >= 15 is 0 Å². The van der Waals surface area contributed by atoms with Crippen LogP contribution < -0.4 is 5.32 Å². The highest BCUT2D eigenvalue weighted by Gasteiger charge is 2.38. The second-order valence-electron chi connectivity index (χ2n) is 9.67. The Hall–Kier alpha value is -4.57. The van der Waals surface area contributed by atoms with Crippen molar-refractivity contribution >= 4 is 50.3 Å². The van der Waals surface area contributed by atoms with Crippen LogP contribution in [0.4, 0.5) is 9.80 Å². The average Bonchev–Trinajstić information content (AvgIpc) is 3.50. The maximum absolute atomic E-state index is 13.7. The summed E-state index contributed by atoms with van der Waals surface area (Å²) < 4.78 is 11.2. The zero-order chi connectivity index (χ0) is 28.8. The van der Waals surface area contributed by atoms with E-state index in [0.717, 1.165) is 34.2 Å². The molecule has 1 N–H and O–H groups in total. The monoisotopic (exact) mass is 571 g/mol. The van der Waals surface area contributed by atoms with Gasteiger partial charge in [-0.1, -0.05) is 56.2 Å². The fraction of sp³-hybridized carbons (Fsp3) is 0.258. The molecule has 1 aliphatic rings. The van der Waals surface area contributed by atoms with Gasteiger partial charge in [0.1, 0.15) is 6.61 Å². The molecule has 0 aliphatic carbocycles. The SMILES string of the molecule is CCCCCOC(=O)OCc1ccc([C@@H](CN2C(=O)c3ccccc3C2=O)C(=O)Nc2cc3ccncc3s2)cc1. The second kappa shape index (κ2) is 12.7. The largest absolute Gasteiger partial charge is 0.508 e. The molecule has 0 spiro atoms. The van der Waals surface area contributed by atoms with Crippen molar-refractivity contribution in [2.75, 3.05) is 18.5 Å². The second-order valence-corrected chi connectivity index (χ2v) is 10.8. The molecule has 41 heavy (non-hydrogen) atoms. The van der Waals surface area contributed by atoms with Gasteiger partial charge in [0.15, 0.2) is 0 Å². The van der Waals surface area contributed by atoms with Crippen LogP contribution >= 0.6 is 11.3 Å². The van der Waals surface area contributed by atoms with Crippen molar-refractivity contribution in [1.29, 1.82) is 0 Å². The lowest BCUT2D eigenvalue weighted by Crippen LogP contribution is -2.38. The summed E-state index contributed by atoms with van der Waals surface area (Å²) in [6.45, 7) is 2.26. The van der Waals surface area contributed by atoms with Gasteiger partial charge < -0.3 is 14.8 Å². The Morgan fingerprint density at radius 1 is 0.976 bits per heavy atom. The zero-order valence-corrected chi connectivity index (χ0v) is 23.3. The highest BCUT2D eigenvalue weighted by atomic mass is 32.1. The first-order valence-electron chi connectivity index (χ1n) is 13.4. The van der Waals surface area contributed by atoms with Gasteiger partial charge in [-0.25, -0.2) is 4.79 Å². The summed E-state index contributed by atoms with van der Waals surface area (Å²) in [4.78, 5) is 57.0. The number of nitrogens with zero attached hydrogens (tertiary/aromatic N) is 2. The summed E-state index contributed by atoms with van der Waals surface area (Å²) in [5.74, 6) is -2.07. The minimum Gasteiger partial charge on any atom is -0.434 e. The number of pyridine rings is 1. The minimum atomic E-state index is -0.848. The van der Waals surface area contributed by atoms with Gasteiger partial charge in [-0.2, -0.15) is 0 Å². The number of unbranched alkanes of at least 4 members (excludes halogenated alkanes) is 2. The van der Waals surface area contributed by atoms with Crippen LogP contribution in [0.25, 0.3) is 10.1 Å². The molecule has 210 valence electrons. The maximum atomic E-state index is 13.7. The highest BCUT2D eigenvalue weighted by molar-refractivity contribution is 7.22. The van der Waals surface area contributed by atoms with Gasteiger partial charge >= 0.3 is 6.16 Å². The van der Waals surface area contributed by atoms with E-state index in [1.165, 1.54) is 11.3 Å². The summed E-state index contributed by atoms with van der Waals surface area (Å²) in [6.07, 6.45) is 5.47. The fourth-order valence-corrected chi connectivity index (χ4v) is 5.55. The lowest BCUT2D eigenvalue weighted by Gasteiger charge is -2.22. The van der Waals surface area contributed by atoms with Gasteiger partial charge in [0.2, 0.25) is 5.91 Å². The van der Waals surface area contributed by atoms with Crippen LogP contribution in [0.1, 0.15) is 63.9 Å². The van der Waals surface area contributed by atoms with Crippen molar-refractivity contribution < 1.29 is 28.7 Å². The lowest BCUT2D eigenvalue weighted by molar-refractivity contribution is -0.117. The van der Waals surface area contributed by atoms with E-state index in [-0.39, 0.29) is 19.1 Å². The number of fused-ring (bicyclic) bond motifs is 2. The number of hydrogen-bond acceptors (Lipinski definition) is 8. The molecule has 2 aromatic heterocycles. The van der Waals surface area contributed by atoms with E-state index in [0.29, 0.717) is 33.9 Å². The van der Waals surface area contributed by atoms with Crippen LogP contribution in [0.2, 0.25) is 0 Å². The van der Waals surface area contributed by atoms with E-state index in [9.17, 15) is 19.2 Å². The Morgan fingerprint density at radius 3 is 2.39 bits per heavy atom. The van der Waals surface area contributed by atoms with Crippen molar-refractivity contribution in [1.82, 2.24) is 9.88 Å². The average molecular weight is 572 g/mol. The molecule has 1 atom stereocenters. The number of aromatic nitrogens is 1. The molecular formula is C31H29N3O6S. The molecule has 1 aliphatic heterocycles. The van der Waals surface area contributed by atoms with Crippen molar-refractivity contribution in [3.8, 4) is 0 Å². The van der Waals surface area contributed by atoms with Gasteiger partial charge in [0.05, 0.1) is 33.4 Å². The van der Waals surface area contributed by atoms with Crippen molar-refractivity contribution in [3.63, 3.8) is 0 Å². The number of carbonyl (C=O) groups is 4. The first-order valence-corrected chi connectivity index (χ1v) is 14.2. The normalized spacial score (nSPS) is 13.2. The zero-order valence-electron chi connectivity index (χ0n) is 22.5. The van der Waals surface area contributed by atoms with Crippen molar-refractivity contribution in [3.05, 3.63) is 95.3 Å². The molecule has 3 amide bonds. The van der Waals surface area contributed by atoms with Crippen LogP contribution in [0.3, 0.4) is 0 Å². The number of benzene rings is 2. The van der Waals surface area contributed by atoms with Crippen molar-refractivity contribution in [2.45, 2.75) is 38.7 Å². The number of hydrogen-bond donors (Lipinski definition) is 1. The standard InChI is InChI=1S/C31H29N3O6S/c1-2-3-6-15-39-31(38)40-19-20-9-11-21(12-10-20)25(18-34-29(36)23-7-4-5-8-24(23)30(34)37)28(35)33-27-16-22-13-14-32-17-26(22)41-27/h4-5,7-14,16-17,25H,2-3,6,15,18-19H2,1H3,(H,33,35)/t25-/m1/s1. The van der Waals surface area contributed by atoms with E-state index in [1.54, 1.807) is 60.9 Å². The van der Waals surface area contributed by atoms with E-state index in [4.69, 9.17) is 9.47 Å². The van der Waals surface area contributed by atoms with Crippen LogP contribution in [0, 0.1) is 0 Å². The van der Waals surface area contributed by atoms with E-state index in [1.807, 2.05) is 12.1 Å². The van der Waals surface area contributed by atoms with Crippen LogP contribution in [-0.4, -0.2) is 46.9 Å². The van der Waals surface area contributed by atoms with Crippen molar-refractivity contribution in [2.24, 2.45) is 0 Å². The third-order valence-corrected chi connectivity index (χ3v) is 7.84. The summed E-state index contributed by atoms with van der Waals surface area (Å²) in [5, 5.41) is 4.54. The number of nitrogens with one attached hydrogen (secondary N) is 1. The molecule has 0 radical (unpaired) electrons. The number of rotatable bonds is 11. The predicted molar refractivity (Wildman–Crippen MR) is 155 cm³/mol. The topological polar surface area (TPSA) is 115 Å². The van der Waals surface area contributed by atoms with Gasteiger partial charge in [0.25, 0.3) is 11.8 Å². The number of carbonyl (C=O) groups excluding carboxylic acids is 4. The van der Waals surface area contributed by atoms with E-state index < -0.39 is 23.9 Å². The smallest absolute Gasteiger partial charge is 0.434 e. The van der Waals surface area contributed by atoms with Crippen LogP contribution in [0.5, 0.6) is 0 Å². The molecule has 2 aromatic carbocycles. The molecule has 0 fully saturated rings. The third kappa shape index (κ3) is 6.44. The fourth-order valence-electron chi connectivity index (χ4n) is 4.62. The molecule has 5 rings (SSSR count). The van der Waals surface area contributed by atoms with Crippen LogP contribution in [0.15, 0.2) is 73.1 Å². The third-order valence-electron chi connectivity index (χ3n) is 6.84. The molecular weight excluding hydrogens is 542 g/mol. The van der Waals surface area contributed by atoms with Crippen LogP contribution in [-0.2, 0) is 20.9 Å². The molecule has 0 saturated heterocycles. The van der Waals surface area contributed by atoms with Gasteiger partial charge in [0, 0.05) is 18.9 Å². The molecule has 0 unspecified atom stereocenters. The Kier molecular flexibility index (Phi) is 8.69. The molecule has 4 aromatic rings. The summed E-state index contributed by atoms with van der Waals surface area (Å²) in [5.41, 5.74) is 1.95. The molecule has 0 saturated carbocycles. The molecule has 3 heterocycles. The number of imide groups is 1. The molecule has 9 nitrogen and oxygen atoms in total. The van der Waals surface area contributed by atoms with Gasteiger partial charge in [-0.15, -0.1) is 11.3 Å².